The van der Waals surface area contributed by atoms with Crippen LogP contribution in [0, 0.1) is 0 Å². The van der Waals surface area contributed by atoms with Gasteiger partial charge in [-0.25, -0.2) is 4.39 Å². The van der Waals surface area contributed by atoms with Crippen molar-refractivity contribution in [3.63, 3.8) is 0 Å². The zero-order valence-electron chi connectivity index (χ0n) is 7.87. The lowest BCUT2D eigenvalue weighted by Crippen LogP contribution is -2.46. The minimum atomic E-state index is -3.40. The number of alkyl halides is 1. The Labute approximate surface area is 78.9 Å². The second-order valence-electron chi connectivity index (χ2n) is 3.62. The molecule has 0 saturated carbocycles. The van der Waals surface area contributed by atoms with Crippen molar-refractivity contribution in [2.75, 3.05) is 0 Å². The maximum absolute atomic E-state index is 12.9. The smallest absolute Gasteiger partial charge is 0.390 e. The van der Waals surface area contributed by atoms with Crippen molar-refractivity contribution < 1.29 is 18.4 Å². The molecule has 0 amide bonds. The van der Waals surface area contributed by atoms with E-state index in [1.165, 1.54) is 0 Å². The molecule has 1 aliphatic heterocycles. The van der Waals surface area contributed by atoms with E-state index in [4.69, 9.17) is 4.43 Å². The van der Waals surface area contributed by atoms with Crippen molar-refractivity contribution in [3.8, 4) is 0 Å². The second-order valence-corrected chi connectivity index (χ2v) is 5.84. The van der Waals surface area contributed by atoms with Crippen LogP contribution in [0.3, 0.4) is 0 Å². The maximum Gasteiger partial charge on any atom is 0.495 e. The van der Waals surface area contributed by atoms with Crippen LogP contribution in [0.1, 0.15) is 32.6 Å². The van der Waals surface area contributed by atoms with Gasteiger partial charge < -0.3 is 14.0 Å². The largest absolute Gasteiger partial charge is 0.495 e. The van der Waals surface area contributed by atoms with Gasteiger partial charge in [0.25, 0.3) is 0 Å². The van der Waals surface area contributed by atoms with Gasteiger partial charge in [0.15, 0.2) is 0 Å². The van der Waals surface area contributed by atoms with E-state index in [9.17, 15) is 14.0 Å². The predicted octanol–water partition coefficient (Wildman–Crippen LogP) is 1.23. The zero-order chi connectivity index (χ0) is 9.90. The number of halogens is 1. The molecule has 2 N–H and O–H groups in total. The first-order chi connectivity index (χ1) is 6.03. The minimum absolute atomic E-state index is 0.287. The Bertz CT molecular complexity index is 165. The van der Waals surface area contributed by atoms with Crippen LogP contribution in [0.2, 0.25) is 6.04 Å². The van der Waals surface area contributed by atoms with E-state index in [0.717, 1.165) is 12.8 Å². The minimum Gasteiger partial charge on any atom is -0.390 e. The van der Waals surface area contributed by atoms with Crippen molar-refractivity contribution in [2.24, 2.45) is 0 Å². The van der Waals surface area contributed by atoms with Gasteiger partial charge in [0.2, 0.25) is 0 Å². The third-order valence-corrected chi connectivity index (χ3v) is 4.06. The third-order valence-electron chi connectivity index (χ3n) is 2.35. The highest BCUT2D eigenvalue weighted by Crippen LogP contribution is 2.25. The van der Waals surface area contributed by atoms with E-state index in [2.05, 4.69) is 0 Å². The number of rotatable bonds is 3. The van der Waals surface area contributed by atoms with Crippen LogP contribution in [-0.2, 0) is 4.43 Å². The lowest BCUT2D eigenvalue weighted by molar-refractivity contribution is 0.0425. The Balaban J connectivity index is 2.34. The normalized spacial score (nSPS) is 30.0. The van der Waals surface area contributed by atoms with Gasteiger partial charge in [-0.2, -0.15) is 0 Å². The monoisotopic (exact) mass is 208 g/mol. The Hall–Kier alpha value is 0.0269. The van der Waals surface area contributed by atoms with Crippen molar-refractivity contribution >= 4 is 8.80 Å². The van der Waals surface area contributed by atoms with E-state index < -0.39 is 15.0 Å². The summed E-state index contributed by atoms with van der Waals surface area (Å²) in [5.74, 6) is 0. The zero-order valence-corrected chi connectivity index (χ0v) is 8.87. The summed E-state index contributed by atoms with van der Waals surface area (Å²) in [6.07, 6.45) is 1.08. The van der Waals surface area contributed by atoms with Gasteiger partial charge in [-0.05, 0) is 19.3 Å². The fourth-order valence-corrected chi connectivity index (χ4v) is 3.09. The molecule has 13 heavy (non-hydrogen) atoms. The Kier molecular flexibility index (Phi) is 3.84. The molecular formula is C8H17FO3Si. The van der Waals surface area contributed by atoms with Gasteiger partial charge in [-0.15, -0.1) is 0 Å². The summed E-state index contributed by atoms with van der Waals surface area (Å²) in [6, 6.07) is 0.354. The standard InChI is InChI=1S/C8H17FO3Si/c1-2-7(9)6-8-4-3-5-13(10,11)12-8/h7-8,10-11H,2-6H2,1H3. The Morgan fingerprint density at radius 1 is 1.62 bits per heavy atom. The van der Waals surface area contributed by atoms with Crippen LogP contribution in [0.15, 0.2) is 0 Å². The van der Waals surface area contributed by atoms with E-state index in [1.54, 1.807) is 6.92 Å². The molecule has 3 nitrogen and oxygen atoms in total. The highest BCUT2D eigenvalue weighted by Gasteiger charge is 2.39. The van der Waals surface area contributed by atoms with Crippen LogP contribution in [0.4, 0.5) is 4.39 Å². The average molecular weight is 208 g/mol. The summed E-state index contributed by atoms with van der Waals surface area (Å²) >= 11 is 0. The van der Waals surface area contributed by atoms with Crippen molar-refractivity contribution in [1.82, 2.24) is 0 Å². The second kappa shape index (κ2) is 4.50. The van der Waals surface area contributed by atoms with E-state index in [0.29, 0.717) is 18.9 Å². The molecule has 5 heteroatoms. The molecule has 0 bridgehead atoms. The van der Waals surface area contributed by atoms with Crippen LogP contribution in [-0.4, -0.2) is 30.7 Å². The third kappa shape index (κ3) is 3.72. The number of hydrogen-bond acceptors (Lipinski definition) is 3. The average Bonchev–Trinajstić information content (AvgIpc) is 2.02. The van der Waals surface area contributed by atoms with Crippen molar-refractivity contribution in [2.45, 2.75) is 50.9 Å². The summed E-state index contributed by atoms with van der Waals surface area (Å²) in [7, 11) is -3.40. The van der Waals surface area contributed by atoms with Gasteiger partial charge in [-0.1, -0.05) is 6.92 Å². The topological polar surface area (TPSA) is 49.7 Å². The molecule has 1 aliphatic rings. The summed E-state index contributed by atoms with van der Waals surface area (Å²) in [5, 5.41) is 0. The quantitative estimate of drug-likeness (QED) is 0.686. The fraction of sp³-hybridized carbons (Fsp3) is 1.00. The van der Waals surface area contributed by atoms with Crippen LogP contribution in [0.25, 0.3) is 0 Å². The van der Waals surface area contributed by atoms with Crippen LogP contribution >= 0.6 is 0 Å². The molecule has 78 valence electrons. The molecule has 2 atom stereocenters. The Morgan fingerprint density at radius 2 is 2.31 bits per heavy atom. The molecule has 0 aromatic heterocycles. The molecule has 1 saturated heterocycles. The molecule has 1 fully saturated rings. The molecule has 2 unspecified atom stereocenters. The molecule has 0 aromatic rings. The first-order valence-corrected chi connectivity index (χ1v) is 6.81. The lowest BCUT2D eigenvalue weighted by Gasteiger charge is -2.30. The van der Waals surface area contributed by atoms with Crippen molar-refractivity contribution in [1.29, 1.82) is 0 Å². The van der Waals surface area contributed by atoms with Crippen LogP contribution in [0.5, 0.6) is 0 Å². The molecule has 0 spiro atoms. The van der Waals surface area contributed by atoms with E-state index in [-0.39, 0.29) is 6.10 Å². The number of hydrogen-bond donors (Lipinski definition) is 2. The summed E-state index contributed by atoms with van der Waals surface area (Å²) in [6.45, 7) is 1.77. The van der Waals surface area contributed by atoms with Gasteiger partial charge in [0.1, 0.15) is 6.17 Å². The first-order valence-electron chi connectivity index (χ1n) is 4.80. The van der Waals surface area contributed by atoms with Gasteiger partial charge >= 0.3 is 8.80 Å². The molecular weight excluding hydrogens is 191 g/mol. The molecule has 0 radical (unpaired) electrons. The van der Waals surface area contributed by atoms with Gasteiger partial charge in [0, 0.05) is 12.5 Å². The highest BCUT2D eigenvalue weighted by molar-refractivity contribution is 6.57. The molecule has 0 aromatic carbocycles. The molecule has 0 aliphatic carbocycles. The lowest BCUT2D eigenvalue weighted by atomic mass is 10.1. The van der Waals surface area contributed by atoms with Crippen molar-refractivity contribution in [3.05, 3.63) is 0 Å². The summed E-state index contributed by atoms with van der Waals surface area (Å²) in [4.78, 5) is 18.6. The highest BCUT2D eigenvalue weighted by atomic mass is 28.4. The fourth-order valence-electron chi connectivity index (χ4n) is 1.56. The van der Waals surface area contributed by atoms with E-state index in [1.807, 2.05) is 0 Å². The molecule has 1 heterocycles. The SMILES string of the molecule is CCC(F)CC1CCC[Si](O)(O)O1. The Morgan fingerprint density at radius 3 is 2.85 bits per heavy atom. The van der Waals surface area contributed by atoms with Gasteiger partial charge in [-0.3, -0.25) is 0 Å². The van der Waals surface area contributed by atoms with E-state index >= 15 is 0 Å². The first kappa shape index (κ1) is 11.1. The van der Waals surface area contributed by atoms with Gasteiger partial charge in [0.05, 0.1) is 6.10 Å². The molecule has 1 rings (SSSR count). The summed E-state index contributed by atoms with van der Waals surface area (Å²) < 4.78 is 18.0. The summed E-state index contributed by atoms with van der Waals surface area (Å²) in [5.41, 5.74) is 0. The maximum atomic E-state index is 12.9. The predicted molar refractivity (Wildman–Crippen MR) is 48.9 cm³/mol. The van der Waals surface area contributed by atoms with Crippen LogP contribution < -0.4 is 0 Å².